The van der Waals surface area contributed by atoms with E-state index in [9.17, 15) is 4.79 Å². The number of nitrogens with two attached hydrogens (primary N) is 1. The predicted octanol–water partition coefficient (Wildman–Crippen LogP) is 2.38. The Kier molecular flexibility index (Phi) is 4.53. The Balaban J connectivity index is 1.95. The predicted molar refractivity (Wildman–Crippen MR) is 77.8 cm³/mol. The van der Waals surface area contributed by atoms with Crippen LogP contribution in [0, 0.1) is 0 Å². The number of hydrogen-bond acceptors (Lipinski definition) is 3. The highest BCUT2D eigenvalue weighted by molar-refractivity contribution is 7.99. The smallest absolute Gasteiger partial charge is 0.227 e. The molecule has 98 valence electrons. The Hall–Kier alpha value is -1.16. The second-order valence-corrected chi connectivity index (χ2v) is 5.96. The summed E-state index contributed by atoms with van der Waals surface area (Å²) in [6.45, 7) is 1.93. The van der Waals surface area contributed by atoms with Crippen molar-refractivity contribution in [3.05, 3.63) is 29.8 Å². The largest absolute Gasteiger partial charge is 0.399 e. The third-order valence-electron chi connectivity index (χ3n) is 3.31. The fraction of sp³-hybridized carbons (Fsp3) is 0.500. The van der Waals surface area contributed by atoms with Crippen LogP contribution in [-0.2, 0) is 4.79 Å². The average molecular weight is 264 g/mol. The maximum atomic E-state index is 12.2. The van der Waals surface area contributed by atoms with E-state index in [4.69, 9.17) is 5.73 Å². The zero-order valence-corrected chi connectivity index (χ0v) is 11.5. The molecule has 2 rings (SSSR count). The first-order valence-corrected chi connectivity index (χ1v) is 7.56. The van der Waals surface area contributed by atoms with Gasteiger partial charge in [-0.05, 0) is 43.2 Å². The van der Waals surface area contributed by atoms with Gasteiger partial charge in [0.15, 0.2) is 0 Å². The van der Waals surface area contributed by atoms with Gasteiger partial charge in [-0.1, -0.05) is 12.1 Å². The molecule has 3 nitrogen and oxygen atoms in total. The van der Waals surface area contributed by atoms with Crippen LogP contribution in [-0.4, -0.2) is 23.5 Å². The first-order chi connectivity index (χ1) is 8.66. The molecule has 1 saturated heterocycles. The number of anilines is 1. The van der Waals surface area contributed by atoms with Crippen molar-refractivity contribution >= 4 is 23.4 Å². The SMILES string of the molecule is CC(C(=O)NC1CCCSC1)c1cccc(N)c1. The summed E-state index contributed by atoms with van der Waals surface area (Å²) in [4.78, 5) is 12.2. The van der Waals surface area contributed by atoms with Crippen molar-refractivity contribution in [2.75, 3.05) is 17.2 Å². The van der Waals surface area contributed by atoms with Crippen molar-refractivity contribution in [1.82, 2.24) is 5.32 Å². The fourth-order valence-electron chi connectivity index (χ4n) is 2.16. The number of hydrogen-bond donors (Lipinski definition) is 2. The fourth-order valence-corrected chi connectivity index (χ4v) is 3.23. The molecular formula is C14H20N2OS. The molecule has 0 aliphatic carbocycles. The van der Waals surface area contributed by atoms with Crippen LogP contribution in [0.1, 0.15) is 31.2 Å². The van der Waals surface area contributed by atoms with Gasteiger partial charge in [0, 0.05) is 17.5 Å². The molecule has 0 radical (unpaired) electrons. The van der Waals surface area contributed by atoms with Gasteiger partial charge in [-0.3, -0.25) is 4.79 Å². The van der Waals surface area contributed by atoms with Crippen LogP contribution in [0.15, 0.2) is 24.3 Å². The van der Waals surface area contributed by atoms with Gasteiger partial charge >= 0.3 is 0 Å². The van der Waals surface area contributed by atoms with Gasteiger partial charge in [0.1, 0.15) is 0 Å². The van der Waals surface area contributed by atoms with E-state index in [1.165, 1.54) is 12.2 Å². The summed E-state index contributed by atoms with van der Waals surface area (Å²) in [7, 11) is 0. The Bertz CT molecular complexity index is 416. The molecule has 1 aliphatic heterocycles. The summed E-state index contributed by atoms with van der Waals surface area (Å²) in [6.07, 6.45) is 2.30. The number of benzene rings is 1. The molecule has 2 unspecified atom stereocenters. The molecule has 2 atom stereocenters. The molecule has 1 aromatic rings. The van der Waals surface area contributed by atoms with Crippen LogP contribution >= 0.6 is 11.8 Å². The quantitative estimate of drug-likeness (QED) is 0.824. The van der Waals surface area contributed by atoms with Gasteiger partial charge in [0.05, 0.1) is 5.92 Å². The van der Waals surface area contributed by atoms with E-state index in [0.717, 1.165) is 17.7 Å². The summed E-state index contributed by atoms with van der Waals surface area (Å²) in [5.41, 5.74) is 7.44. The first kappa shape index (κ1) is 13.3. The summed E-state index contributed by atoms with van der Waals surface area (Å²) in [5, 5.41) is 3.14. The lowest BCUT2D eigenvalue weighted by Crippen LogP contribution is -2.40. The van der Waals surface area contributed by atoms with E-state index in [0.29, 0.717) is 11.7 Å². The third kappa shape index (κ3) is 3.42. The summed E-state index contributed by atoms with van der Waals surface area (Å²) < 4.78 is 0. The van der Waals surface area contributed by atoms with E-state index in [1.807, 2.05) is 43.0 Å². The van der Waals surface area contributed by atoms with E-state index in [-0.39, 0.29) is 11.8 Å². The second kappa shape index (κ2) is 6.14. The van der Waals surface area contributed by atoms with Crippen molar-refractivity contribution in [2.24, 2.45) is 0 Å². The third-order valence-corrected chi connectivity index (χ3v) is 4.53. The summed E-state index contributed by atoms with van der Waals surface area (Å²) in [5.74, 6) is 2.22. The maximum absolute atomic E-state index is 12.2. The molecule has 0 bridgehead atoms. The highest BCUT2D eigenvalue weighted by Gasteiger charge is 2.20. The number of thioether (sulfide) groups is 1. The minimum Gasteiger partial charge on any atom is -0.399 e. The average Bonchev–Trinajstić information content (AvgIpc) is 2.39. The highest BCUT2D eigenvalue weighted by Crippen LogP contribution is 2.20. The minimum atomic E-state index is -0.138. The van der Waals surface area contributed by atoms with Crippen LogP contribution in [0.4, 0.5) is 5.69 Å². The van der Waals surface area contributed by atoms with E-state index in [1.54, 1.807) is 0 Å². The highest BCUT2D eigenvalue weighted by atomic mass is 32.2. The Morgan fingerprint density at radius 3 is 3.06 bits per heavy atom. The molecule has 1 aliphatic rings. The lowest BCUT2D eigenvalue weighted by molar-refractivity contribution is -0.122. The van der Waals surface area contributed by atoms with E-state index in [2.05, 4.69) is 5.32 Å². The number of carbonyl (C=O) groups excluding carboxylic acids is 1. The zero-order chi connectivity index (χ0) is 13.0. The van der Waals surface area contributed by atoms with Gasteiger partial charge in [-0.15, -0.1) is 0 Å². The first-order valence-electron chi connectivity index (χ1n) is 6.40. The second-order valence-electron chi connectivity index (χ2n) is 4.81. The Morgan fingerprint density at radius 2 is 2.39 bits per heavy atom. The van der Waals surface area contributed by atoms with Gasteiger partial charge in [0.25, 0.3) is 0 Å². The molecule has 0 saturated carbocycles. The van der Waals surface area contributed by atoms with E-state index < -0.39 is 0 Å². The molecule has 1 fully saturated rings. The summed E-state index contributed by atoms with van der Waals surface area (Å²) >= 11 is 1.92. The van der Waals surface area contributed by atoms with Crippen LogP contribution < -0.4 is 11.1 Å². The molecule has 1 heterocycles. The van der Waals surface area contributed by atoms with Gasteiger partial charge in [-0.25, -0.2) is 0 Å². The van der Waals surface area contributed by atoms with Crippen molar-refractivity contribution < 1.29 is 4.79 Å². The Labute approximate surface area is 113 Å². The van der Waals surface area contributed by atoms with E-state index >= 15 is 0 Å². The minimum absolute atomic E-state index is 0.105. The number of rotatable bonds is 3. The number of amides is 1. The topological polar surface area (TPSA) is 55.1 Å². The van der Waals surface area contributed by atoms with Crippen LogP contribution in [0.5, 0.6) is 0 Å². The van der Waals surface area contributed by atoms with Gasteiger partial charge < -0.3 is 11.1 Å². The lowest BCUT2D eigenvalue weighted by atomic mass is 9.99. The number of nitrogen functional groups attached to an aromatic ring is 1. The number of carbonyl (C=O) groups is 1. The summed E-state index contributed by atoms with van der Waals surface area (Å²) in [6, 6.07) is 7.90. The van der Waals surface area contributed by atoms with Crippen molar-refractivity contribution in [1.29, 1.82) is 0 Å². The van der Waals surface area contributed by atoms with Crippen LogP contribution in [0.3, 0.4) is 0 Å². The molecular weight excluding hydrogens is 244 g/mol. The molecule has 4 heteroatoms. The van der Waals surface area contributed by atoms with Gasteiger partial charge in [-0.2, -0.15) is 11.8 Å². The van der Waals surface area contributed by atoms with Crippen LogP contribution in [0.2, 0.25) is 0 Å². The van der Waals surface area contributed by atoms with Crippen LogP contribution in [0.25, 0.3) is 0 Å². The van der Waals surface area contributed by atoms with Crippen molar-refractivity contribution in [3.63, 3.8) is 0 Å². The molecule has 18 heavy (non-hydrogen) atoms. The van der Waals surface area contributed by atoms with Crippen molar-refractivity contribution in [2.45, 2.75) is 31.7 Å². The normalized spacial score (nSPS) is 21.3. The maximum Gasteiger partial charge on any atom is 0.227 e. The number of nitrogens with one attached hydrogen (secondary N) is 1. The standard InChI is InChI=1S/C14H20N2OS/c1-10(11-4-2-5-12(15)8-11)14(17)16-13-6-3-7-18-9-13/h2,4-5,8,10,13H,3,6-7,9,15H2,1H3,(H,16,17). The zero-order valence-electron chi connectivity index (χ0n) is 10.7. The van der Waals surface area contributed by atoms with Crippen molar-refractivity contribution in [3.8, 4) is 0 Å². The lowest BCUT2D eigenvalue weighted by Gasteiger charge is -2.24. The monoisotopic (exact) mass is 264 g/mol. The molecule has 1 aromatic carbocycles. The molecule has 3 N–H and O–H groups in total. The molecule has 0 aromatic heterocycles. The molecule has 1 amide bonds. The molecule has 0 spiro atoms. The van der Waals surface area contributed by atoms with Gasteiger partial charge in [0.2, 0.25) is 5.91 Å². The Morgan fingerprint density at radius 1 is 1.56 bits per heavy atom.